The molecule has 0 aliphatic rings. The van der Waals surface area contributed by atoms with Crippen molar-refractivity contribution < 1.29 is 9.94 Å². The minimum atomic E-state index is 0.313. The van der Waals surface area contributed by atoms with Gasteiger partial charge < -0.3 is 9.94 Å². The van der Waals surface area contributed by atoms with Gasteiger partial charge in [0, 0.05) is 23.5 Å². The molecule has 1 N–H and O–H groups in total. The normalized spacial score (nSPS) is 10.1. The van der Waals surface area contributed by atoms with Gasteiger partial charge in [0.15, 0.2) is 5.82 Å². The zero-order chi connectivity index (χ0) is 16.9. The zero-order valence-corrected chi connectivity index (χ0v) is 12.8. The van der Waals surface area contributed by atoms with Crippen LogP contribution in [0, 0.1) is 11.3 Å². The fourth-order valence-corrected chi connectivity index (χ4v) is 2.25. The van der Waals surface area contributed by atoms with Crippen LogP contribution in [0.1, 0.15) is 5.56 Å². The molecule has 0 bridgehead atoms. The Bertz CT molecular complexity index is 911. The van der Waals surface area contributed by atoms with Gasteiger partial charge in [-0.1, -0.05) is 12.7 Å². The van der Waals surface area contributed by atoms with Crippen molar-refractivity contribution in [3.05, 3.63) is 67.1 Å². The second-order valence-corrected chi connectivity index (χ2v) is 4.96. The minimum Gasteiger partial charge on any atom is -0.488 e. The number of ether oxygens (including phenoxy) is 1. The lowest BCUT2D eigenvalue weighted by molar-refractivity contribution is 0.191. The molecule has 6 heteroatoms. The summed E-state index contributed by atoms with van der Waals surface area (Å²) in [5, 5.41) is 19.4. The van der Waals surface area contributed by atoms with Crippen molar-refractivity contribution in [2.45, 2.75) is 0 Å². The number of hydrogen-bond donors (Lipinski definition) is 1. The number of nitrogens with zero attached hydrogens (tertiary/aromatic N) is 4. The fraction of sp³-hybridized carbons (Fsp3) is 0.0556. The van der Waals surface area contributed by atoms with E-state index in [1.807, 2.05) is 6.07 Å². The molecule has 0 atom stereocenters. The van der Waals surface area contributed by atoms with E-state index in [0.717, 1.165) is 10.3 Å². The molecule has 0 saturated carbocycles. The summed E-state index contributed by atoms with van der Waals surface area (Å²) in [4.78, 5) is 8.47. The third-order valence-corrected chi connectivity index (χ3v) is 3.36. The van der Waals surface area contributed by atoms with Crippen molar-refractivity contribution in [2.75, 3.05) is 6.61 Å². The van der Waals surface area contributed by atoms with Crippen LogP contribution in [0.15, 0.2) is 61.6 Å². The summed E-state index contributed by atoms with van der Waals surface area (Å²) < 4.78 is 6.37. The molecule has 0 unspecified atom stereocenters. The SMILES string of the molecule is C=CCOc1ccc(-c2nc(-c3cccnc3)cn2O)cc1C#N. The van der Waals surface area contributed by atoms with Gasteiger partial charge in [0.2, 0.25) is 0 Å². The Balaban J connectivity index is 1.99. The molecular formula is C18H14N4O2. The molecular weight excluding hydrogens is 304 g/mol. The summed E-state index contributed by atoms with van der Waals surface area (Å²) in [5.74, 6) is 0.797. The third-order valence-electron chi connectivity index (χ3n) is 3.36. The largest absolute Gasteiger partial charge is 0.488 e. The van der Waals surface area contributed by atoms with E-state index in [9.17, 15) is 10.5 Å². The average Bonchev–Trinajstić information content (AvgIpc) is 3.02. The second-order valence-electron chi connectivity index (χ2n) is 4.96. The quantitative estimate of drug-likeness (QED) is 0.576. The molecule has 0 aliphatic carbocycles. The monoisotopic (exact) mass is 318 g/mol. The highest BCUT2D eigenvalue weighted by Crippen LogP contribution is 2.27. The number of benzene rings is 1. The summed E-state index contributed by atoms with van der Waals surface area (Å²) in [5.41, 5.74) is 2.35. The van der Waals surface area contributed by atoms with Crippen LogP contribution in [-0.2, 0) is 0 Å². The standard InChI is InChI=1S/C18H14N4O2/c1-2-8-24-17-6-5-13(9-15(17)10-19)18-21-16(12-22(18)23)14-4-3-7-20-11-14/h2-7,9,11-12,23H,1,8H2. The van der Waals surface area contributed by atoms with Gasteiger partial charge in [0.25, 0.3) is 0 Å². The van der Waals surface area contributed by atoms with Crippen LogP contribution >= 0.6 is 0 Å². The van der Waals surface area contributed by atoms with Crippen LogP contribution in [0.25, 0.3) is 22.6 Å². The Labute approximate surface area is 138 Å². The first-order valence-corrected chi connectivity index (χ1v) is 7.20. The summed E-state index contributed by atoms with van der Waals surface area (Å²) in [6.07, 6.45) is 6.44. The Morgan fingerprint density at radius 2 is 2.21 bits per heavy atom. The Hall–Kier alpha value is -3.59. The summed E-state index contributed by atoms with van der Waals surface area (Å²) in [6, 6.07) is 10.8. The number of pyridine rings is 1. The van der Waals surface area contributed by atoms with Gasteiger partial charge in [-0.05, 0) is 30.3 Å². The Morgan fingerprint density at radius 3 is 2.92 bits per heavy atom. The molecule has 0 fully saturated rings. The molecule has 2 aromatic heterocycles. The maximum atomic E-state index is 10.1. The Morgan fingerprint density at radius 1 is 1.33 bits per heavy atom. The predicted molar refractivity (Wildman–Crippen MR) is 88.5 cm³/mol. The lowest BCUT2D eigenvalue weighted by atomic mass is 10.1. The molecule has 0 aliphatic heterocycles. The average molecular weight is 318 g/mol. The minimum absolute atomic E-state index is 0.313. The highest BCUT2D eigenvalue weighted by Gasteiger charge is 2.13. The highest BCUT2D eigenvalue weighted by atomic mass is 16.5. The van der Waals surface area contributed by atoms with Gasteiger partial charge >= 0.3 is 0 Å². The topological polar surface area (TPSA) is 84.0 Å². The predicted octanol–water partition coefficient (Wildman–Crippen LogP) is 3.29. The van der Waals surface area contributed by atoms with Crippen molar-refractivity contribution in [2.24, 2.45) is 0 Å². The van der Waals surface area contributed by atoms with Crippen molar-refractivity contribution in [1.29, 1.82) is 5.26 Å². The van der Waals surface area contributed by atoms with Crippen LogP contribution in [0.4, 0.5) is 0 Å². The number of aromatic nitrogens is 3. The first-order chi connectivity index (χ1) is 11.7. The molecule has 1 aromatic carbocycles. The molecule has 3 rings (SSSR count). The van der Waals surface area contributed by atoms with Crippen LogP contribution in [0.3, 0.4) is 0 Å². The maximum Gasteiger partial charge on any atom is 0.175 e. The first kappa shape index (κ1) is 15.3. The summed E-state index contributed by atoms with van der Waals surface area (Å²) in [7, 11) is 0. The van der Waals surface area contributed by atoms with E-state index in [-0.39, 0.29) is 0 Å². The summed E-state index contributed by atoms with van der Waals surface area (Å²) >= 11 is 0. The number of nitriles is 1. The molecule has 6 nitrogen and oxygen atoms in total. The summed E-state index contributed by atoms with van der Waals surface area (Å²) in [6.45, 7) is 3.89. The number of imidazole rings is 1. The van der Waals surface area contributed by atoms with Crippen molar-refractivity contribution in [1.82, 2.24) is 14.7 Å². The molecule has 0 radical (unpaired) electrons. The van der Waals surface area contributed by atoms with Crippen molar-refractivity contribution in [3.63, 3.8) is 0 Å². The van der Waals surface area contributed by atoms with E-state index >= 15 is 0 Å². The van der Waals surface area contributed by atoms with E-state index in [0.29, 0.717) is 35.0 Å². The molecule has 118 valence electrons. The van der Waals surface area contributed by atoms with Gasteiger partial charge in [-0.25, -0.2) is 4.98 Å². The first-order valence-electron chi connectivity index (χ1n) is 7.20. The lowest BCUT2D eigenvalue weighted by Crippen LogP contribution is -1.97. The third kappa shape index (κ3) is 2.96. The lowest BCUT2D eigenvalue weighted by Gasteiger charge is -2.07. The van der Waals surface area contributed by atoms with E-state index < -0.39 is 0 Å². The Kier molecular flexibility index (Phi) is 4.25. The van der Waals surface area contributed by atoms with Gasteiger partial charge in [0.05, 0.1) is 17.5 Å². The molecule has 0 amide bonds. The smallest absolute Gasteiger partial charge is 0.175 e. The van der Waals surface area contributed by atoms with E-state index in [1.54, 1.807) is 42.7 Å². The molecule has 2 heterocycles. The van der Waals surface area contributed by atoms with Crippen molar-refractivity contribution in [3.8, 4) is 34.5 Å². The van der Waals surface area contributed by atoms with E-state index in [1.165, 1.54) is 6.20 Å². The van der Waals surface area contributed by atoms with Crippen LogP contribution < -0.4 is 4.74 Å². The van der Waals surface area contributed by atoms with Gasteiger partial charge in [-0.15, -0.1) is 0 Å². The van der Waals surface area contributed by atoms with E-state index in [4.69, 9.17) is 4.74 Å². The molecule has 0 saturated heterocycles. The fourth-order valence-electron chi connectivity index (χ4n) is 2.25. The molecule has 0 spiro atoms. The maximum absolute atomic E-state index is 10.1. The van der Waals surface area contributed by atoms with Crippen LogP contribution in [-0.4, -0.2) is 26.5 Å². The van der Waals surface area contributed by atoms with Crippen LogP contribution in [0.2, 0.25) is 0 Å². The molecule has 3 aromatic rings. The van der Waals surface area contributed by atoms with Gasteiger partial charge in [0.1, 0.15) is 18.4 Å². The second kappa shape index (κ2) is 6.67. The van der Waals surface area contributed by atoms with Crippen LogP contribution in [0.5, 0.6) is 5.75 Å². The van der Waals surface area contributed by atoms with Gasteiger partial charge in [-0.2, -0.15) is 9.99 Å². The van der Waals surface area contributed by atoms with Gasteiger partial charge in [-0.3, -0.25) is 4.98 Å². The molecule has 24 heavy (non-hydrogen) atoms. The van der Waals surface area contributed by atoms with Crippen molar-refractivity contribution >= 4 is 0 Å². The number of hydrogen-bond acceptors (Lipinski definition) is 5. The zero-order valence-electron chi connectivity index (χ0n) is 12.8. The number of rotatable bonds is 5. The van der Waals surface area contributed by atoms with E-state index in [2.05, 4.69) is 22.6 Å². The highest BCUT2D eigenvalue weighted by molar-refractivity contribution is 5.66.